The minimum Gasteiger partial charge on any atom is -0.344 e. The van der Waals surface area contributed by atoms with E-state index in [9.17, 15) is 14.9 Å². The molecule has 0 aliphatic heterocycles. The monoisotopic (exact) mass is 372 g/mol. The Hall–Kier alpha value is -2.70. The summed E-state index contributed by atoms with van der Waals surface area (Å²) in [5, 5.41) is 11.0. The van der Waals surface area contributed by atoms with Crippen molar-refractivity contribution >= 4 is 11.6 Å². The molecule has 1 aromatic carbocycles. The number of non-ortho nitro benzene ring substituents is 1. The van der Waals surface area contributed by atoms with E-state index in [4.69, 9.17) is 0 Å². The normalized spacial score (nSPS) is 12.0. The van der Waals surface area contributed by atoms with Gasteiger partial charge in [-0.15, -0.1) is 0 Å². The van der Waals surface area contributed by atoms with Crippen LogP contribution in [0.4, 0.5) is 5.69 Å². The second-order valence-corrected chi connectivity index (χ2v) is 6.91. The van der Waals surface area contributed by atoms with E-state index in [1.165, 1.54) is 12.1 Å². The molecule has 2 rings (SSSR count). The van der Waals surface area contributed by atoms with Crippen LogP contribution in [0.25, 0.3) is 11.3 Å². The summed E-state index contributed by atoms with van der Waals surface area (Å²) in [6.07, 6.45) is 3.87. The summed E-state index contributed by atoms with van der Waals surface area (Å²) in [5.74, 6) is 0.856. The molecule has 146 valence electrons. The van der Waals surface area contributed by atoms with Gasteiger partial charge in [-0.05, 0) is 19.8 Å². The molecule has 1 amide bonds. The van der Waals surface area contributed by atoms with Gasteiger partial charge in [-0.2, -0.15) is 0 Å². The summed E-state index contributed by atoms with van der Waals surface area (Å²) in [7, 11) is 1.79. The van der Waals surface area contributed by atoms with Crippen molar-refractivity contribution in [2.24, 2.45) is 5.92 Å². The van der Waals surface area contributed by atoms with Crippen LogP contribution in [0.2, 0.25) is 0 Å². The van der Waals surface area contributed by atoms with Gasteiger partial charge in [0.25, 0.3) is 5.69 Å². The van der Waals surface area contributed by atoms with Gasteiger partial charge in [0.15, 0.2) is 0 Å². The highest BCUT2D eigenvalue weighted by molar-refractivity contribution is 5.78. The van der Waals surface area contributed by atoms with Crippen LogP contribution in [0.1, 0.15) is 51.0 Å². The number of hydrogen-bond acceptors (Lipinski definition) is 4. The molecule has 0 saturated heterocycles. The predicted octanol–water partition coefficient (Wildman–Crippen LogP) is 4.47. The zero-order valence-corrected chi connectivity index (χ0v) is 16.5. The standard InChI is InChI=1S/C20H28N4O3/c1-5-7-9-15(6-2)20(25)23(4)13-18-21-14(3)19(22-18)16-10-8-11-17(12-16)24(26)27/h8,10-12,15H,5-7,9,13H2,1-4H3,(H,21,22)/t15-/m1/s1. The van der Waals surface area contributed by atoms with Gasteiger partial charge in [0.2, 0.25) is 5.91 Å². The average Bonchev–Trinajstić information content (AvgIpc) is 3.02. The first kappa shape index (κ1) is 20.6. The number of nitro groups is 1. The van der Waals surface area contributed by atoms with Crippen molar-refractivity contribution in [2.75, 3.05) is 7.05 Å². The summed E-state index contributed by atoms with van der Waals surface area (Å²) in [5.41, 5.74) is 2.22. The van der Waals surface area contributed by atoms with Gasteiger partial charge in [-0.25, -0.2) is 4.98 Å². The predicted molar refractivity (Wildman–Crippen MR) is 105 cm³/mol. The third-order valence-electron chi connectivity index (χ3n) is 4.78. The molecule has 1 N–H and O–H groups in total. The molecular weight excluding hydrogens is 344 g/mol. The summed E-state index contributed by atoms with van der Waals surface area (Å²) in [4.78, 5) is 32.7. The number of carbonyl (C=O) groups is 1. The lowest BCUT2D eigenvalue weighted by molar-refractivity contribution is -0.384. The molecule has 0 fully saturated rings. The molecule has 27 heavy (non-hydrogen) atoms. The summed E-state index contributed by atoms with van der Waals surface area (Å²) in [6, 6.07) is 6.42. The van der Waals surface area contributed by atoms with E-state index < -0.39 is 4.92 Å². The Balaban J connectivity index is 2.15. The van der Waals surface area contributed by atoms with Crippen LogP contribution < -0.4 is 0 Å². The Labute approximate surface area is 160 Å². The second kappa shape index (κ2) is 9.30. The maximum absolute atomic E-state index is 12.7. The summed E-state index contributed by atoms with van der Waals surface area (Å²) >= 11 is 0. The van der Waals surface area contributed by atoms with E-state index in [2.05, 4.69) is 16.9 Å². The molecule has 2 aromatic rings. The van der Waals surface area contributed by atoms with Crippen molar-refractivity contribution < 1.29 is 9.72 Å². The lowest BCUT2D eigenvalue weighted by Crippen LogP contribution is -2.32. The number of amides is 1. The van der Waals surface area contributed by atoms with E-state index in [1.54, 1.807) is 24.1 Å². The topological polar surface area (TPSA) is 92.1 Å². The number of unbranched alkanes of at least 4 members (excludes halogenated alkanes) is 1. The van der Waals surface area contributed by atoms with Crippen LogP contribution in [-0.2, 0) is 11.3 Å². The Kier molecular flexibility index (Phi) is 7.10. The maximum atomic E-state index is 12.7. The van der Waals surface area contributed by atoms with Gasteiger partial charge in [-0.1, -0.05) is 38.8 Å². The fraction of sp³-hybridized carbons (Fsp3) is 0.500. The first-order chi connectivity index (χ1) is 12.9. The second-order valence-electron chi connectivity index (χ2n) is 6.91. The van der Waals surface area contributed by atoms with Crippen LogP contribution in [0.15, 0.2) is 24.3 Å². The Bertz CT molecular complexity index is 800. The molecule has 7 nitrogen and oxygen atoms in total. The third-order valence-corrected chi connectivity index (χ3v) is 4.78. The zero-order valence-electron chi connectivity index (χ0n) is 16.5. The van der Waals surface area contributed by atoms with Crippen LogP contribution in [-0.4, -0.2) is 32.7 Å². The van der Waals surface area contributed by atoms with Gasteiger partial charge in [-0.3, -0.25) is 14.9 Å². The van der Waals surface area contributed by atoms with E-state index >= 15 is 0 Å². The molecule has 0 bridgehead atoms. The van der Waals surface area contributed by atoms with E-state index in [0.29, 0.717) is 23.6 Å². The van der Waals surface area contributed by atoms with Crippen molar-refractivity contribution in [2.45, 2.75) is 53.0 Å². The molecule has 1 heterocycles. The van der Waals surface area contributed by atoms with Gasteiger partial charge >= 0.3 is 0 Å². The smallest absolute Gasteiger partial charge is 0.270 e. The minimum absolute atomic E-state index is 0.0328. The molecule has 0 aliphatic rings. The SMILES string of the molecule is CCCC[C@@H](CC)C(=O)N(C)Cc1nc(-c2cccc([N+](=O)[O-])c2)c(C)[nH]1. The molecule has 0 unspecified atom stereocenters. The number of benzene rings is 1. The van der Waals surface area contributed by atoms with E-state index in [1.807, 2.05) is 13.8 Å². The van der Waals surface area contributed by atoms with Gasteiger partial charge in [0.1, 0.15) is 5.82 Å². The van der Waals surface area contributed by atoms with Crippen LogP contribution >= 0.6 is 0 Å². The maximum Gasteiger partial charge on any atom is 0.270 e. The Morgan fingerprint density at radius 3 is 2.74 bits per heavy atom. The first-order valence-corrected chi connectivity index (χ1v) is 9.42. The average molecular weight is 372 g/mol. The van der Waals surface area contributed by atoms with Crippen LogP contribution in [0.5, 0.6) is 0 Å². The first-order valence-electron chi connectivity index (χ1n) is 9.42. The highest BCUT2D eigenvalue weighted by Gasteiger charge is 2.21. The molecule has 0 aliphatic carbocycles. The molecule has 0 radical (unpaired) electrons. The van der Waals surface area contributed by atoms with Gasteiger partial charge in [0, 0.05) is 36.4 Å². The van der Waals surface area contributed by atoms with Crippen molar-refractivity contribution in [3.8, 4) is 11.3 Å². The van der Waals surface area contributed by atoms with E-state index in [-0.39, 0.29) is 17.5 Å². The fourth-order valence-corrected chi connectivity index (χ4v) is 3.21. The van der Waals surface area contributed by atoms with Crippen LogP contribution in [0, 0.1) is 23.0 Å². The largest absolute Gasteiger partial charge is 0.344 e. The minimum atomic E-state index is -0.417. The number of aromatic nitrogens is 2. The molecule has 7 heteroatoms. The van der Waals surface area contributed by atoms with Gasteiger partial charge < -0.3 is 9.88 Å². The van der Waals surface area contributed by atoms with Crippen molar-refractivity contribution in [1.29, 1.82) is 0 Å². The number of aryl methyl sites for hydroxylation is 1. The van der Waals surface area contributed by atoms with Crippen molar-refractivity contribution in [1.82, 2.24) is 14.9 Å². The highest BCUT2D eigenvalue weighted by atomic mass is 16.6. The number of H-pyrrole nitrogens is 1. The zero-order chi connectivity index (χ0) is 20.0. The van der Waals surface area contributed by atoms with Gasteiger partial charge in [0.05, 0.1) is 17.2 Å². The highest BCUT2D eigenvalue weighted by Crippen LogP contribution is 2.25. The summed E-state index contributed by atoms with van der Waals surface area (Å²) < 4.78 is 0. The number of nitrogens with zero attached hydrogens (tertiary/aromatic N) is 3. The Morgan fingerprint density at radius 1 is 1.37 bits per heavy atom. The molecular formula is C20H28N4O3. The Morgan fingerprint density at radius 2 is 2.11 bits per heavy atom. The number of aromatic amines is 1. The third kappa shape index (κ3) is 5.15. The lowest BCUT2D eigenvalue weighted by atomic mass is 9.98. The molecule has 0 saturated carbocycles. The van der Waals surface area contributed by atoms with Crippen molar-refractivity contribution in [3.05, 3.63) is 45.9 Å². The number of hydrogen-bond donors (Lipinski definition) is 1. The van der Waals surface area contributed by atoms with Crippen molar-refractivity contribution in [3.63, 3.8) is 0 Å². The quantitative estimate of drug-likeness (QED) is 0.519. The van der Waals surface area contributed by atoms with Crippen LogP contribution in [0.3, 0.4) is 0 Å². The fourth-order valence-electron chi connectivity index (χ4n) is 3.21. The summed E-state index contributed by atoms with van der Waals surface area (Å²) in [6.45, 7) is 6.44. The number of rotatable bonds is 9. The molecule has 0 spiro atoms. The molecule has 1 atom stereocenters. The molecule has 1 aromatic heterocycles. The number of carbonyl (C=O) groups excluding carboxylic acids is 1. The lowest BCUT2D eigenvalue weighted by Gasteiger charge is -2.22. The number of imidazole rings is 1. The number of nitrogens with one attached hydrogen (secondary N) is 1. The van der Waals surface area contributed by atoms with E-state index in [0.717, 1.165) is 31.4 Å². The number of nitro benzene ring substituents is 1.